The molecule has 2 aromatic carbocycles. The highest BCUT2D eigenvalue weighted by Crippen LogP contribution is 2.23. The van der Waals surface area contributed by atoms with Gasteiger partial charge in [-0.05, 0) is 16.3 Å². The van der Waals surface area contributed by atoms with E-state index in [0.29, 0.717) is 0 Å². The number of rotatable bonds is 3. The number of benzene rings is 2. The molecule has 0 atom stereocenters. The van der Waals surface area contributed by atoms with Crippen LogP contribution in [-0.4, -0.2) is 45.7 Å². The maximum absolute atomic E-state index is 12.4. The van der Waals surface area contributed by atoms with E-state index in [2.05, 4.69) is 0 Å². The zero-order chi connectivity index (χ0) is 16.4. The Balaban J connectivity index is 1.66. The van der Waals surface area contributed by atoms with Gasteiger partial charge in [0.2, 0.25) is 5.91 Å². The van der Waals surface area contributed by atoms with Crippen molar-refractivity contribution < 1.29 is 19.8 Å². The minimum Gasteiger partial charge on any atom is -0.479 e. The Morgan fingerprint density at radius 1 is 1.04 bits per heavy atom. The van der Waals surface area contributed by atoms with Crippen molar-refractivity contribution in [1.82, 2.24) is 4.90 Å². The van der Waals surface area contributed by atoms with E-state index in [4.69, 9.17) is 5.11 Å². The molecule has 5 nitrogen and oxygen atoms in total. The van der Waals surface area contributed by atoms with Crippen LogP contribution in [0.3, 0.4) is 0 Å². The summed E-state index contributed by atoms with van der Waals surface area (Å²) in [5, 5.41) is 21.2. The van der Waals surface area contributed by atoms with Crippen LogP contribution in [0, 0.1) is 0 Å². The molecule has 0 unspecified atom stereocenters. The van der Waals surface area contributed by atoms with Crippen LogP contribution in [0.15, 0.2) is 42.5 Å². The van der Waals surface area contributed by atoms with Crippen LogP contribution in [0.5, 0.6) is 0 Å². The molecule has 1 saturated heterocycles. The topological polar surface area (TPSA) is 77.8 Å². The monoisotopic (exact) mass is 313 g/mol. The molecule has 1 fully saturated rings. The third-order valence-corrected chi connectivity index (χ3v) is 4.51. The maximum Gasteiger partial charge on any atom is 0.335 e. The van der Waals surface area contributed by atoms with Crippen LogP contribution >= 0.6 is 0 Å². The molecule has 120 valence electrons. The number of piperidine rings is 1. The highest BCUT2D eigenvalue weighted by atomic mass is 16.4. The SMILES string of the molecule is O=C(Cc1ccc2ccccc2c1)N1CCC(O)(C(=O)O)CC1. The molecule has 1 aliphatic heterocycles. The summed E-state index contributed by atoms with van der Waals surface area (Å²) in [6, 6.07) is 13.9. The molecule has 0 spiro atoms. The summed E-state index contributed by atoms with van der Waals surface area (Å²) in [5.74, 6) is -1.24. The van der Waals surface area contributed by atoms with Crippen LogP contribution in [0.2, 0.25) is 0 Å². The van der Waals surface area contributed by atoms with Gasteiger partial charge in [-0.2, -0.15) is 0 Å². The minimum absolute atomic E-state index is 0.0345. The van der Waals surface area contributed by atoms with Gasteiger partial charge in [-0.1, -0.05) is 42.5 Å². The number of carbonyl (C=O) groups is 2. The van der Waals surface area contributed by atoms with E-state index in [1.807, 2.05) is 42.5 Å². The summed E-state index contributed by atoms with van der Waals surface area (Å²) in [6.45, 7) is 0.546. The summed E-state index contributed by atoms with van der Waals surface area (Å²) in [4.78, 5) is 25.0. The second-order valence-corrected chi connectivity index (χ2v) is 6.08. The Morgan fingerprint density at radius 3 is 2.35 bits per heavy atom. The predicted octanol–water partition coefficient (Wildman–Crippen LogP) is 1.82. The lowest BCUT2D eigenvalue weighted by Gasteiger charge is -2.35. The number of hydrogen-bond donors (Lipinski definition) is 2. The van der Waals surface area contributed by atoms with Gasteiger partial charge >= 0.3 is 5.97 Å². The van der Waals surface area contributed by atoms with Crippen molar-refractivity contribution in [1.29, 1.82) is 0 Å². The number of fused-ring (bicyclic) bond motifs is 1. The number of carboxylic acid groups (broad SMARTS) is 1. The zero-order valence-electron chi connectivity index (χ0n) is 12.7. The van der Waals surface area contributed by atoms with Gasteiger partial charge in [0, 0.05) is 25.9 Å². The van der Waals surface area contributed by atoms with E-state index < -0.39 is 11.6 Å². The summed E-state index contributed by atoms with van der Waals surface area (Å²) >= 11 is 0. The molecule has 2 N–H and O–H groups in total. The zero-order valence-corrected chi connectivity index (χ0v) is 12.7. The van der Waals surface area contributed by atoms with Crippen LogP contribution in [0.4, 0.5) is 0 Å². The van der Waals surface area contributed by atoms with E-state index in [0.717, 1.165) is 16.3 Å². The van der Waals surface area contributed by atoms with E-state index >= 15 is 0 Å². The first kappa shape index (κ1) is 15.5. The van der Waals surface area contributed by atoms with Crippen LogP contribution in [-0.2, 0) is 16.0 Å². The molecule has 1 amide bonds. The fourth-order valence-electron chi connectivity index (χ4n) is 2.98. The number of likely N-dealkylation sites (tertiary alicyclic amines) is 1. The summed E-state index contributed by atoms with van der Waals surface area (Å²) < 4.78 is 0. The third kappa shape index (κ3) is 3.19. The van der Waals surface area contributed by atoms with Gasteiger partial charge < -0.3 is 15.1 Å². The van der Waals surface area contributed by atoms with Crippen molar-refractivity contribution in [3.8, 4) is 0 Å². The van der Waals surface area contributed by atoms with Gasteiger partial charge in [-0.25, -0.2) is 4.79 Å². The van der Waals surface area contributed by atoms with Crippen molar-refractivity contribution in [3.05, 3.63) is 48.0 Å². The van der Waals surface area contributed by atoms with Gasteiger partial charge in [0.25, 0.3) is 0 Å². The molecule has 3 rings (SSSR count). The number of carboxylic acids is 1. The lowest BCUT2D eigenvalue weighted by molar-refractivity contribution is -0.165. The number of aliphatic hydroxyl groups is 1. The molecule has 5 heteroatoms. The number of carbonyl (C=O) groups excluding carboxylic acids is 1. The quantitative estimate of drug-likeness (QED) is 0.906. The average molecular weight is 313 g/mol. The Kier molecular flexibility index (Phi) is 4.05. The normalized spacial score (nSPS) is 17.2. The first-order valence-corrected chi connectivity index (χ1v) is 7.69. The average Bonchev–Trinajstić information content (AvgIpc) is 2.55. The number of aliphatic carboxylic acids is 1. The molecule has 0 aliphatic carbocycles. The molecular weight excluding hydrogens is 294 g/mol. The number of amides is 1. The number of nitrogens with zero attached hydrogens (tertiary/aromatic N) is 1. The van der Waals surface area contributed by atoms with E-state index in [9.17, 15) is 14.7 Å². The highest BCUT2D eigenvalue weighted by Gasteiger charge is 2.40. The van der Waals surface area contributed by atoms with Crippen LogP contribution in [0.25, 0.3) is 10.8 Å². The largest absolute Gasteiger partial charge is 0.479 e. The van der Waals surface area contributed by atoms with Crippen LogP contribution < -0.4 is 0 Å². The fourth-order valence-corrected chi connectivity index (χ4v) is 2.98. The Hall–Kier alpha value is -2.40. The van der Waals surface area contributed by atoms with Crippen molar-refractivity contribution in [2.45, 2.75) is 24.9 Å². The molecule has 2 aromatic rings. The second kappa shape index (κ2) is 6.01. The van der Waals surface area contributed by atoms with E-state index in [-0.39, 0.29) is 38.3 Å². The van der Waals surface area contributed by atoms with Crippen molar-refractivity contribution >= 4 is 22.6 Å². The predicted molar refractivity (Wildman–Crippen MR) is 86.1 cm³/mol. The Labute approximate surface area is 134 Å². The first-order valence-electron chi connectivity index (χ1n) is 7.69. The lowest BCUT2D eigenvalue weighted by Crippen LogP contribution is -2.51. The summed E-state index contributed by atoms with van der Waals surface area (Å²) in [6.07, 6.45) is 0.438. The lowest BCUT2D eigenvalue weighted by atomic mass is 9.91. The number of hydrogen-bond acceptors (Lipinski definition) is 3. The minimum atomic E-state index is -1.69. The van der Waals surface area contributed by atoms with E-state index in [1.165, 1.54) is 0 Å². The fraction of sp³-hybridized carbons (Fsp3) is 0.333. The molecule has 0 radical (unpaired) electrons. The summed E-state index contributed by atoms with van der Waals surface area (Å²) in [5.41, 5.74) is -0.757. The van der Waals surface area contributed by atoms with Gasteiger partial charge in [0.15, 0.2) is 5.60 Å². The van der Waals surface area contributed by atoms with Gasteiger partial charge in [0.1, 0.15) is 0 Å². The van der Waals surface area contributed by atoms with Crippen molar-refractivity contribution in [2.75, 3.05) is 13.1 Å². The first-order chi connectivity index (χ1) is 11.0. The summed E-state index contributed by atoms with van der Waals surface area (Å²) in [7, 11) is 0. The Bertz CT molecular complexity index is 748. The molecule has 0 bridgehead atoms. The second-order valence-electron chi connectivity index (χ2n) is 6.08. The Morgan fingerprint density at radius 2 is 1.70 bits per heavy atom. The molecular formula is C18H19NO4. The molecule has 23 heavy (non-hydrogen) atoms. The molecule has 0 saturated carbocycles. The van der Waals surface area contributed by atoms with Gasteiger partial charge in [0.05, 0.1) is 6.42 Å². The van der Waals surface area contributed by atoms with Crippen LogP contribution in [0.1, 0.15) is 18.4 Å². The highest BCUT2D eigenvalue weighted by molar-refractivity contribution is 5.85. The molecule has 1 aliphatic rings. The van der Waals surface area contributed by atoms with Gasteiger partial charge in [-0.3, -0.25) is 4.79 Å². The third-order valence-electron chi connectivity index (χ3n) is 4.51. The van der Waals surface area contributed by atoms with Crippen molar-refractivity contribution in [3.63, 3.8) is 0 Å². The smallest absolute Gasteiger partial charge is 0.335 e. The maximum atomic E-state index is 12.4. The van der Waals surface area contributed by atoms with Gasteiger partial charge in [-0.15, -0.1) is 0 Å². The van der Waals surface area contributed by atoms with Crippen molar-refractivity contribution in [2.24, 2.45) is 0 Å². The standard InChI is InChI=1S/C18H19NO4/c20-16(19-9-7-18(23,8-10-19)17(21)22)12-13-5-6-14-3-1-2-4-15(14)11-13/h1-6,11,23H,7-10,12H2,(H,21,22). The molecule has 0 aromatic heterocycles. The van der Waals surface area contributed by atoms with E-state index in [1.54, 1.807) is 4.90 Å². The molecule has 1 heterocycles.